The molecule has 3 unspecified atom stereocenters. The minimum absolute atomic E-state index is 0.192. The summed E-state index contributed by atoms with van der Waals surface area (Å²) in [5, 5.41) is 0. The van der Waals surface area contributed by atoms with Gasteiger partial charge in [-0.1, -0.05) is 55.8 Å². The molecule has 0 radical (unpaired) electrons. The summed E-state index contributed by atoms with van der Waals surface area (Å²) in [4.78, 5) is 20.6. The van der Waals surface area contributed by atoms with Crippen molar-refractivity contribution >= 4 is 5.91 Å². The van der Waals surface area contributed by atoms with E-state index in [1.54, 1.807) is 0 Å². The van der Waals surface area contributed by atoms with E-state index in [1.165, 1.54) is 48.8 Å². The lowest BCUT2D eigenvalue weighted by Crippen LogP contribution is -2.50. The molecule has 0 aliphatic carbocycles. The van der Waals surface area contributed by atoms with Crippen LogP contribution in [-0.4, -0.2) is 65.4 Å². The van der Waals surface area contributed by atoms with Crippen LogP contribution < -0.4 is 0 Å². The molecule has 5 rings (SSSR count). The molecule has 1 amide bonds. The van der Waals surface area contributed by atoms with Crippen LogP contribution in [0.15, 0.2) is 61.2 Å². The maximum atomic E-state index is 13.1. The van der Waals surface area contributed by atoms with Gasteiger partial charge in [0.15, 0.2) is 0 Å². The molecular weight excluding hydrogens is 442 g/mol. The van der Waals surface area contributed by atoms with Crippen LogP contribution in [0.3, 0.4) is 0 Å². The Morgan fingerprint density at radius 2 is 1.72 bits per heavy atom. The maximum Gasteiger partial charge on any atom is 0.253 e. The SMILES string of the molecule is C=CCN1CCC2CCCC(C1)N2C(c1ccc(C(=O)N2CCCCC2)cc1)c1cccc(CC)c1. The van der Waals surface area contributed by atoms with Crippen molar-refractivity contribution in [1.82, 2.24) is 14.7 Å². The molecular formula is C32H43N3O. The van der Waals surface area contributed by atoms with Crippen molar-refractivity contribution in [2.75, 3.05) is 32.7 Å². The molecule has 2 aromatic carbocycles. The standard InChI is InChI=1S/C32H43N3O/c1-3-19-33-22-18-29-12-9-13-30(24-33)35(29)31(28-11-8-10-25(4-2)23-28)26-14-16-27(17-15-26)32(36)34-20-6-5-7-21-34/h3,8,10-11,14-17,23,29-31H,1,4-7,9,12-13,18-22,24H2,2H3. The number of carbonyl (C=O) groups is 1. The van der Waals surface area contributed by atoms with Crippen molar-refractivity contribution in [1.29, 1.82) is 0 Å². The summed E-state index contributed by atoms with van der Waals surface area (Å²) in [7, 11) is 0. The summed E-state index contributed by atoms with van der Waals surface area (Å²) in [5.74, 6) is 0.192. The second-order valence-electron chi connectivity index (χ2n) is 11.0. The Balaban J connectivity index is 1.49. The Hall–Kier alpha value is -2.43. The molecule has 0 saturated carbocycles. The Labute approximate surface area is 218 Å². The molecule has 2 aromatic rings. The number of aryl methyl sites for hydroxylation is 1. The zero-order valence-electron chi connectivity index (χ0n) is 22.1. The highest BCUT2D eigenvalue weighted by Crippen LogP contribution is 2.40. The van der Waals surface area contributed by atoms with Crippen LogP contribution in [-0.2, 0) is 6.42 Å². The van der Waals surface area contributed by atoms with Gasteiger partial charge < -0.3 is 4.90 Å². The molecule has 36 heavy (non-hydrogen) atoms. The lowest BCUT2D eigenvalue weighted by molar-refractivity contribution is 0.0562. The Kier molecular flexibility index (Phi) is 8.23. The number of amides is 1. The molecule has 3 heterocycles. The molecule has 3 aliphatic rings. The molecule has 0 spiro atoms. The van der Waals surface area contributed by atoms with Crippen LogP contribution >= 0.6 is 0 Å². The predicted octanol–water partition coefficient (Wildman–Crippen LogP) is 6.08. The smallest absolute Gasteiger partial charge is 0.253 e. The molecule has 3 saturated heterocycles. The third-order valence-corrected chi connectivity index (χ3v) is 8.64. The van der Waals surface area contributed by atoms with Gasteiger partial charge in [0.25, 0.3) is 5.91 Å². The number of hydrogen-bond donors (Lipinski definition) is 0. The summed E-state index contributed by atoms with van der Waals surface area (Å²) in [6.45, 7) is 11.3. The predicted molar refractivity (Wildman–Crippen MR) is 148 cm³/mol. The number of likely N-dealkylation sites (tertiary alicyclic amines) is 1. The fourth-order valence-electron chi connectivity index (χ4n) is 6.76. The summed E-state index contributed by atoms with van der Waals surface area (Å²) < 4.78 is 0. The van der Waals surface area contributed by atoms with Gasteiger partial charge in [-0.05, 0) is 73.8 Å². The molecule has 192 valence electrons. The van der Waals surface area contributed by atoms with Gasteiger partial charge in [0.2, 0.25) is 0 Å². The van der Waals surface area contributed by atoms with Gasteiger partial charge in [0.05, 0.1) is 6.04 Å². The number of piperidine rings is 2. The van der Waals surface area contributed by atoms with Gasteiger partial charge in [0, 0.05) is 50.4 Å². The number of nitrogens with zero attached hydrogens (tertiary/aromatic N) is 3. The summed E-state index contributed by atoms with van der Waals surface area (Å²) in [6.07, 6.45) is 11.6. The number of rotatable bonds is 7. The van der Waals surface area contributed by atoms with Crippen molar-refractivity contribution in [3.63, 3.8) is 0 Å². The lowest BCUT2D eigenvalue weighted by atomic mass is 9.87. The van der Waals surface area contributed by atoms with E-state index in [0.717, 1.165) is 57.5 Å². The van der Waals surface area contributed by atoms with E-state index in [0.29, 0.717) is 12.1 Å². The van der Waals surface area contributed by atoms with Gasteiger partial charge in [-0.25, -0.2) is 0 Å². The minimum atomic E-state index is 0.192. The second-order valence-corrected chi connectivity index (χ2v) is 11.0. The van der Waals surface area contributed by atoms with Crippen LogP contribution in [0.4, 0.5) is 0 Å². The van der Waals surface area contributed by atoms with Crippen LogP contribution in [0.1, 0.15) is 85.0 Å². The average Bonchev–Trinajstić information content (AvgIpc) is 3.02. The monoisotopic (exact) mass is 485 g/mol. The van der Waals surface area contributed by atoms with Gasteiger partial charge in [-0.2, -0.15) is 0 Å². The molecule has 3 aliphatic heterocycles. The van der Waals surface area contributed by atoms with Gasteiger partial charge in [-0.15, -0.1) is 6.58 Å². The summed E-state index contributed by atoms with van der Waals surface area (Å²) in [5.41, 5.74) is 4.92. The first-order valence-corrected chi connectivity index (χ1v) is 14.3. The molecule has 0 aromatic heterocycles. The first kappa shape index (κ1) is 25.2. The van der Waals surface area contributed by atoms with Crippen molar-refractivity contribution < 1.29 is 4.79 Å². The third kappa shape index (κ3) is 5.45. The molecule has 0 N–H and O–H groups in total. The van der Waals surface area contributed by atoms with Crippen molar-refractivity contribution in [2.45, 2.75) is 76.4 Å². The van der Waals surface area contributed by atoms with Crippen LogP contribution in [0, 0.1) is 0 Å². The largest absolute Gasteiger partial charge is 0.339 e. The van der Waals surface area contributed by atoms with Gasteiger partial charge in [-0.3, -0.25) is 14.6 Å². The Bertz CT molecular complexity index is 1030. The highest BCUT2D eigenvalue weighted by molar-refractivity contribution is 5.94. The number of benzene rings is 2. The second kappa shape index (κ2) is 11.7. The Morgan fingerprint density at radius 1 is 0.944 bits per heavy atom. The van der Waals surface area contributed by atoms with E-state index in [-0.39, 0.29) is 11.9 Å². The van der Waals surface area contributed by atoms with E-state index in [1.807, 2.05) is 4.90 Å². The topological polar surface area (TPSA) is 26.8 Å². The highest BCUT2D eigenvalue weighted by atomic mass is 16.2. The van der Waals surface area contributed by atoms with Crippen LogP contribution in [0.5, 0.6) is 0 Å². The van der Waals surface area contributed by atoms with E-state index < -0.39 is 0 Å². The highest BCUT2D eigenvalue weighted by Gasteiger charge is 2.39. The van der Waals surface area contributed by atoms with E-state index in [4.69, 9.17) is 0 Å². The van der Waals surface area contributed by atoms with Gasteiger partial charge >= 0.3 is 0 Å². The number of hydrogen-bond acceptors (Lipinski definition) is 3. The zero-order chi connectivity index (χ0) is 24.9. The molecule has 2 bridgehead atoms. The summed E-state index contributed by atoms with van der Waals surface area (Å²) >= 11 is 0. The van der Waals surface area contributed by atoms with Crippen LogP contribution in [0.2, 0.25) is 0 Å². The van der Waals surface area contributed by atoms with Crippen molar-refractivity contribution in [3.05, 3.63) is 83.4 Å². The third-order valence-electron chi connectivity index (χ3n) is 8.64. The summed E-state index contributed by atoms with van der Waals surface area (Å²) in [6, 6.07) is 19.2. The zero-order valence-corrected chi connectivity index (χ0v) is 22.1. The number of fused-ring (bicyclic) bond motifs is 2. The molecule has 4 heteroatoms. The first-order chi connectivity index (χ1) is 17.7. The minimum Gasteiger partial charge on any atom is -0.339 e. The maximum absolute atomic E-state index is 13.1. The fourth-order valence-corrected chi connectivity index (χ4v) is 6.76. The molecule has 3 atom stereocenters. The normalized spacial score (nSPS) is 24.2. The van der Waals surface area contributed by atoms with E-state index in [2.05, 4.69) is 77.9 Å². The van der Waals surface area contributed by atoms with Gasteiger partial charge in [0.1, 0.15) is 0 Å². The van der Waals surface area contributed by atoms with Crippen LogP contribution in [0.25, 0.3) is 0 Å². The van der Waals surface area contributed by atoms with E-state index in [9.17, 15) is 4.79 Å². The fraction of sp³-hybridized carbons (Fsp3) is 0.531. The first-order valence-electron chi connectivity index (χ1n) is 14.3. The Morgan fingerprint density at radius 3 is 2.47 bits per heavy atom. The van der Waals surface area contributed by atoms with E-state index >= 15 is 0 Å². The van der Waals surface area contributed by atoms with Crippen molar-refractivity contribution in [2.24, 2.45) is 0 Å². The quantitative estimate of drug-likeness (QED) is 0.445. The van der Waals surface area contributed by atoms with Crippen molar-refractivity contribution in [3.8, 4) is 0 Å². The lowest BCUT2D eigenvalue weighted by Gasteiger charge is -2.46. The average molecular weight is 486 g/mol. The number of carbonyl (C=O) groups excluding carboxylic acids is 1. The molecule has 4 nitrogen and oxygen atoms in total. The molecule has 3 fully saturated rings.